The molecule has 0 aromatic carbocycles. The number of pyridine rings is 1. The van der Waals surface area contributed by atoms with Gasteiger partial charge in [-0.2, -0.15) is 0 Å². The second-order valence-corrected chi connectivity index (χ2v) is 4.04. The quantitative estimate of drug-likeness (QED) is 0.726. The molecule has 0 aliphatic carbocycles. The first-order chi connectivity index (χ1) is 8.33. The van der Waals surface area contributed by atoms with Crippen LogP contribution in [0.4, 0.5) is 0 Å². The summed E-state index contributed by atoms with van der Waals surface area (Å²) in [6, 6.07) is 7.18. The lowest BCUT2D eigenvalue weighted by Crippen LogP contribution is -1.78. The lowest BCUT2D eigenvalue weighted by Gasteiger charge is -1.91. The lowest BCUT2D eigenvalue weighted by atomic mass is 10.3. The van der Waals surface area contributed by atoms with Gasteiger partial charge in [0.25, 0.3) is 5.89 Å². The molecule has 0 radical (unpaired) electrons. The van der Waals surface area contributed by atoms with Crippen LogP contribution in [0.1, 0.15) is 0 Å². The molecule has 0 saturated heterocycles. The van der Waals surface area contributed by atoms with Crippen molar-refractivity contribution < 1.29 is 8.83 Å². The van der Waals surface area contributed by atoms with Crippen molar-refractivity contribution in [1.82, 2.24) is 15.2 Å². The molecular weight excluding hydrogens is 286 g/mol. The third-order valence-corrected chi connectivity index (χ3v) is 2.54. The van der Waals surface area contributed by atoms with Crippen LogP contribution < -0.4 is 0 Å². The number of rotatable bonds is 2. The molecule has 0 fully saturated rings. The van der Waals surface area contributed by atoms with Crippen molar-refractivity contribution >= 4 is 15.9 Å². The van der Waals surface area contributed by atoms with E-state index < -0.39 is 0 Å². The van der Waals surface area contributed by atoms with Gasteiger partial charge in [-0.3, -0.25) is 4.98 Å². The molecule has 5 nitrogen and oxygen atoms in total. The highest BCUT2D eigenvalue weighted by atomic mass is 79.9. The molecule has 84 valence electrons. The minimum Gasteiger partial charge on any atom is -0.444 e. The Bertz CT molecular complexity index is 633. The predicted molar refractivity (Wildman–Crippen MR) is 62.9 cm³/mol. The summed E-state index contributed by atoms with van der Waals surface area (Å²) in [6.45, 7) is 0. The van der Waals surface area contributed by atoms with Gasteiger partial charge in [0.05, 0.1) is 5.56 Å². The number of furan rings is 1. The van der Waals surface area contributed by atoms with E-state index in [9.17, 15) is 0 Å². The van der Waals surface area contributed by atoms with Gasteiger partial charge < -0.3 is 8.83 Å². The molecule has 0 bridgehead atoms. The number of halogens is 1. The molecule has 0 N–H and O–H groups in total. The van der Waals surface area contributed by atoms with Crippen molar-refractivity contribution in [3.05, 3.63) is 41.3 Å². The Morgan fingerprint density at radius 2 is 1.88 bits per heavy atom. The monoisotopic (exact) mass is 291 g/mol. The van der Waals surface area contributed by atoms with Gasteiger partial charge in [0.15, 0.2) is 10.4 Å². The molecule has 0 saturated carbocycles. The maximum atomic E-state index is 5.49. The van der Waals surface area contributed by atoms with Crippen LogP contribution in [0.3, 0.4) is 0 Å². The summed E-state index contributed by atoms with van der Waals surface area (Å²) in [7, 11) is 0. The van der Waals surface area contributed by atoms with Gasteiger partial charge in [0, 0.05) is 12.4 Å². The first kappa shape index (κ1) is 10.2. The summed E-state index contributed by atoms with van der Waals surface area (Å²) >= 11 is 3.21. The first-order valence-electron chi connectivity index (χ1n) is 4.82. The molecule has 3 aromatic heterocycles. The Labute approximate surface area is 105 Å². The van der Waals surface area contributed by atoms with E-state index in [-0.39, 0.29) is 0 Å². The van der Waals surface area contributed by atoms with E-state index in [0.29, 0.717) is 22.2 Å². The smallest absolute Gasteiger partial charge is 0.283 e. The molecule has 0 aliphatic heterocycles. The second kappa shape index (κ2) is 4.14. The summed E-state index contributed by atoms with van der Waals surface area (Å²) in [5, 5.41) is 7.86. The molecular formula is C11H6BrN3O2. The number of hydrogen-bond donors (Lipinski definition) is 0. The zero-order chi connectivity index (χ0) is 11.7. The average Bonchev–Trinajstić information content (AvgIpc) is 2.98. The topological polar surface area (TPSA) is 65.0 Å². The molecule has 17 heavy (non-hydrogen) atoms. The van der Waals surface area contributed by atoms with Crippen molar-refractivity contribution in [2.45, 2.75) is 0 Å². The molecule has 3 rings (SSSR count). The third kappa shape index (κ3) is 1.99. The zero-order valence-electron chi connectivity index (χ0n) is 8.50. The van der Waals surface area contributed by atoms with Crippen LogP contribution >= 0.6 is 15.9 Å². The fraction of sp³-hybridized carbons (Fsp3) is 0. The van der Waals surface area contributed by atoms with E-state index in [2.05, 4.69) is 31.1 Å². The van der Waals surface area contributed by atoms with Crippen LogP contribution in [0, 0.1) is 0 Å². The van der Waals surface area contributed by atoms with Crippen LogP contribution in [0.5, 0.6) is 0 Å². The van der Waals surface area contributed by atoms with Crippen LogP contribution in [0.2, 0.25) is 0 Å². The van der Waals surface area contributed by atoms with E-state index in [1.165, 1.54) is 0 Å². The van der Waals surface area contributed by atoms with Crippen LogP contribution in [0.15, 0.2) is 50.2 Å². The van der Waals surface area contributed by atoms with Gasteiger partial charge in [-0.15, -0.1) is 10.2 Å². The molecule has 0 unspecified atom stereocenters. The van der Waals surface area contributed by atoms with Gasteiger partial charge in [0.1, 0.15) is 0 Å². The van der Waals surface area contributed by atoms with Gasteiger partial charge >= 0.3 is 0 Å². The average molecular weight is 292 g/mol. The summed E-state index contributed by atoms with van der Waals surface area (Å²) in [5.41, 5.74) is 0.775. The summed E-state index contributed by atoms with van der Waals surface area (Å²) in [5.74, 6) is 1.29. The Morgan fingerprint density at radius 3 is 2.59 bits per heavy atom. The van der Waals surface area contributed by atoms with Gasteiger partial charge in [-0.1, -0.05) is 0 Å². The van der Waals surface area contributed by atoms with Crippen LogP contribution in [-0.4, -0.2) is 15.2 Å². The fourth-order valence-electron chi connectivity index (χ4n) is 1.36. The third-order valence-electron chi connectivity index (χ3n) is 2.12. The highest BCUT2D eigenvalue weighted by molar-refractivity contribution is 9.10. The zero-order valence-corrected chi connectivity index (χ0v) is 10.1. The van der Waals surface area contributed by atoms with Crippen molar-refractivity contribution in [2.75, 3.05) is 0 Å². The summed E-state index contributed by atoms with van der Waals surface area (Å²) in [4.78, 5) is 3.99. The Morgan fingerprint density at radius 1 is 1.00 bits per heavy atom. The predicted octanol–water partition coefficient (Wildman–Crippen LogP) is 3.15. The molecule has 0 amide bonds. The van der Waals surface area contributed by atoms with Crippen LogP contribution in [0.25, 0.3) is 23.1 Å². The summed E-state index contributed by atoms with van der Waals surface area (Å²) < 4.78 is 11.4. The second-order valence-electron chi connectivity index (χ2n) is 3.26. The van der Waals surface area contributed by atoms with E-state index in [1.807, 2.05) is 12.1 Å². The number of hydrogen-bond acceptors (Lipinski definition) is 5. The van der Waals surface area contributed by atoms with Gasteiger partial charge in [0.2, 0.25) is 5.89 Å². The highest BCUT2D eigenvalue weighted by Crippen LogP contribution is 2.26. The number of aromatic nitrogens is 3. The summed E-state index contributed by atoms with van der Waals surface area (Å²) in [6.07, 6.45) is 3.35. The van der Waals surface area contributed by atoms with Crippen LogP contribution in [-0.2, 0) is 0 Å². The van der Waals surface area contributed by atoms with Gasteiger partial charge in [-0.05, 0) is 40.2 Å². The molecule has 3 aromatic rings. The highest BCUT2D eigenvalue weighted by Gasteiger charge is 2.13. The van der Waals surface area contributed by atoms with E-state index in [1.54, 1.807) is 24.5 Å². The minimum atomic E-state index is 0.342. The van der Waals surface area contributed by atoms with Crippen molar-refractivity contribution in [2.24, 2.45) is 0 Å². The minimum absolute atomic E-state index is 0.342. The SMILES string of the molecule is Brc1ccc(-c2nnc(-c3cccnc3)o2)o1. The van der Waals surface area contributed by atoms with Crippen molar-refractivity contribution in [1.29, 1.82) is 0 Å². The molecule has 6 heteroatoms. The van der Waals surface area contributed by atoms with Crippen molar-refractivity contribution in [3.8, 4) is 23.1 Å². The Balaban J connectivity index is 1.99. The molecule has 0 spiro atoms. The molecule has 3 heterocycles. The number of nitrogens with zero attached hydrogens (tertiary/aromatic N) is 3. The van der Waals surface area contributed by atoms with E-state index in [0.717, 1.165) is 5.56 Å². The molecule has 0 atom stereocenters. The lowest BCUT2D eigenvalue weighted by molar-refractivity contribution is 0.509. The van der Waals surface area contributed by atoms with Gasteiger partial charge in [-0.25, -0.2) is 0 Å². The van der Waals surface area contributed by atoms with E-state index in [4.69, 9.17) is 8.83 Å². The van der Waals surface area contributed by atoms with Crippen molar-refractivity contribution in [3.63, 3.8) is 0 Å². The standard InChI is InChI=1S/C11H6BrN3O2/c12-9-4-3-8(16-9)11-15-14-10(17-11)7-2-1-5-13-6-7/h1-6H. The maximum Gasteiger partial charge on any atom is 0.283 e. The largest absolute Gasteiger partial charge is 0.444 e. The van der Waals surface area contributed by atoms with E-state index >= 15 is 0 Å². The normalized spacial score (nSPS) is 10.6. The fourth-order valence-corrected chi connectivity index (χ4v) is 1.66. The maximum absolute atomic E-state index is 5.49. The molecule has 0 aliphatic rings. The Hall–Kier alpha value is -1.95. The first-order valence-corrected chi connectivity index (χ1v) is 5.62. The Kier molecular flexibility index (Phi) is 2.49.